The van der Waals surface area contributed by atoms with E-state index in [0.29, 0.717) is 12.1 Å². The molecule has 0 amide bonds. The quantitative estimate of drug-likeness (QED) is 0.885. The second-order valence-corrected chi connectivity index (χ2v) is 5.84. The molecule has 19 heavy (non-hydrogen) atoms. The van der Waals surface area contributed by atoms with Crippen LogP contribution in [-0.4, -0.2) is 37.2 Å². The number of fused-ring (bicyclic) bond motifs is 1. The Hall–Kier alpha value is -0.900. The number of rotatable bonds is 2. The van der Waals surface area contributed by atoms with Gasteiger partial charge in [0.2, 0.25) is 0 Å². The topological polar surface area (TPSA) is 38.5 Å². The Labute approximate surface area is 115 Å². The van der Waals surface area contributed by atoms with Gasteiger partial charge in [-0.25, -0.2) is 0 Å². The van der Waals surface area contributed by atoms with Gasteiger partial charge in [-0.3, -0.25) is 4.90 Å². The van der Waals surface area contributed by atoms with E-state index in [1.165, 1.54) is 17.5 Å². The Morgan fingerprint density at radius 2 is 1.89 bits per heavy atom. The molecule has 3 nitrogen and oxygen atoms in total. The molecule has 1 aliphatic carbocycles. The fourth-order valence-electron chi connectivity index (χ4n) is 3.60. The summed E-state index contributed by atoms with van der Waals surface area (Å²) in [5, 5.41) is 0. The van der Waals surface area contributed by atoms with Crippen molar-refractivity contribution in [1.29, 1.82) is 0 Å². The number of likely N-dealkylation sites (N-methyl/N-ethyl adjacent to an activating group) is 1. The molecule has 0 radical (unpaired) electrons. The molecule has 1 aliphatic heterocycles. The molecule has 3 rings (SSSR count). The lowest BCUT2D eigenvalue weighted by molar-refractivity contribution is 0.0210. The van der Waals surface area contributed by atoms with Crippen molar-refractivity contribution in [2.45, 2.75) is 43.8 Å². The third-order valence-electron chi connectivity index (χ3n) is 4.83. The number of nitrogens with two attached hydrogens (primary N) is 1. The highest BCUT2D eigenvalue weighted by Crippen LogP contribution is 2.32. The Kier molecular flexibility index (Phi) is 3.87. The standard InChI is InChI=1S/C16H24N2O/c1-18(13-8-10-19-11-9-13)15-7-6-12-4-2-3-5-14(12)16(15)17/h2-5,13,15-16H,6-11,17H2,1H3. The molecule has 3 heteroatoms. The highest BCUT2D eigenvalue weighted by molar-refractivity contribution is 5.33. The zero-order valence-corrected chi connectivity index (χ0v) is 11.7. The highest BCUT2D eigenvalue weighted by atomic mass is 16.5. The largest absolute Gasteiger partial charge is 0.381 e. The number of aryl methyl sites for hydroxylation is 1. The molecule has 2 unspecified atom stereocenters. The van der Waals surface area contributed by atoms with Gasteiger partial charge in [-0.2, -0.15) is 0 Å². The Morgan fingerprint density at radius 3 is 2.68 bits per heavy atom. The minimum atomic E-state index is 0.151. The predicted octanol–water partition coefficient (Wildman–Crippen LogP) is 2.11. The van der Waals surface area contributed by atoms with Crippen molar-refractivity contribution >= 4 is 0 Å². The first-order valence-electron chi connectivity index (χ1n) is 7.40. The van der Waals surface area contributed by atoms with Crippen LogP contribution >= 0.6 is 0 Å². The van der Waals surface area contributed by atoms with E-state index in [-0.39, 0.29) is 6.04 Å². The number of nitrogens with zero attached hydrogens (tertiary/aromatic N) is 1. The molecule has 2 N–H and O–H groups in total. The summed E-state index contributed by atoms with van der Waals surface area (Å²) in [5.74, 6) is 0. The molecule has 1 heterocycles. The van der Waals surface area contributed by atoms with E-state index in [1.807, 2.05) is 0 Å². The first-order valence-corrected chi connectivity index (χ1v) is 7.40. The van der Waals surface area contributed by atoms with Crippen LogP contribution in [0.15, 0.2) is 24.3 Å². The predicted molar refractivity (Wildman–Crippen MR) is 77.1 cm³/mol. The maximum atomic E-state index is 6.53. The monoisotopic (exact) mass is 260 g/mol. The molecule has 0 bridgehead atoms. The van der Waals surface area contributed by atoms with Crippen LogP contribution in [0.3, 0.4) is 0 Å². The average Bonchev–Trinajstić information content (AvgIpc) is 2.48. The van der Waals surface area contributed by atoms with Crippen LogP contribution in [0.25, 0.3) is 0 Å². The Bertz CT molecular complexity index is 429. The lowest BCUT2D eigenvalue weighted by atomic mass is 9.83. The van der Waals surface area contributed by atoms with Gasteiger partial charge in [-0.05, 0) is 43.9 Å². The number of benzene rings is 1. The van der Waals surface area contributed by atoms with Crippen LogP contribution in [0.2, 0.25) is 0 Å². The van der Waals surface area contributed by atoms with Crippen LogP contribution in [-0.2, 0) is 11.2 Å². The zero-order chi connectivity index (χ0) is 13.2. The molecule has 1 aromatic rings. The number of hydrogen-bond acceptors (Lipinski definition) is 3. The normalized spacial score (nSPS) is 28.4. The van der Waals surface area contributed by atoms with Gasteiger partial charge in [-0.15, -0.1) is 0 Å². The summed E-state index contributed by atoms with van der Waals surface area (Å²) < 4.78 is 5.46. The van der Waals surface area contributed by atoms with Gasteiger partial charge in [-0.1, -0.05) is 24.3 Å². The molecular weight excluding hydrogens is 236 g/mol. The molecule has 0 spiro atoms. The van der Waals surface area contributed by atoms with Crippen LogP contribution in [0, 0.1) is 0 Å². The fraction of sp³-hybridized carbons (Fsp3) is 0.625. The summed E-state index contributed by atoms with van der Waals surface area (Å²) in [4.78, 5) is 2.52. The Morgan fingerprint density at radius 1 is 1.16 bits per heavy atom. The summed E-state index contributed by atoms with van der Waals surface area (Å²) in [6.07, 6.45) is 4.61. The minimum absolute atomic E-state index is 0.151. The van der Waals surface area contributed by atoms with Gasteiger partial charge in [0.25, 0.3) is 0 Å². The van der Waals surface area contributed by atoms with Crippen molar-refractivity contribution in [2.75, 3.05) is 20.3 Å². The lowest BCUT2D eigenvalue weighted by Crippen LogP contribution is -2.49. The summed E-state index contributed by atoms with van der Waals surface area (Å²) in [6, 6.07) is 9.90. The van der Waals surface area contributed by atoms with E-state index in [9.17, 15) is 0 Å². The SMILES string of the molecule is CN(C1CCOCC1)C1CCc2ccccc2C1N. The zero-order valence-electron chi connectivity index (χ0n) is 11.7. The minimum Gasteiger partial charge on any atom is -0.381 e. The van der Waals surface area contributed by atoms with Crippen molar-refractivity contribution in [2.24, 2.45) is 5.73 Å². The summed E-state index contributed by atoms with van der Waals surface area (Å²) >= 11 is 0. The molecule has 0 aromatic heterocycles. The van der Waals surface area contributed by atoms with E-state index in [1.54, 1.807) is 0 Å². The number of hydrogen-bond donors (Lipinski definition) is 1. The second-order valence-electron chi connectivity index (χ2n) is 5.84. The van der Waals surface area contributed by atoms with Crippen molar-refractivity contribution in [1.82, 2.24) is 4.90 Å². The smallest absolute Gasteiger partial charge is 0.0480 e. The van der Waals surface area contributed by atoms with E-state index in [2.05, 4.69) is 36.2 Å². The molecule has 104 valence electrons. The molecule has 2 aliphatic rings. The van der Waals surface area contributed by atoms with E-state index >= 15 is 0 Å². The van der Waals surface area contributed by atoms with Gasteiger partial charge < -0.3 is 10.5 Å². The first kappa shape index (κ1) is 13.1. The third-order valence-corrected chi connectivity index (χ3v) is 4.83. The van der Waals surface area contributed by atoms with Gasteiger partial charge >= 0.3 is 0 Å². The molecule has 1 saturated heterocycles. The van der Waals surface area contributed by atoms with Crippen LogP contribution in [0.5, 0.6) is 0 Å². The number of ether oxygens (including phenoxy) is 1. The molecule has 2 atom stereocenters. The van der Waals surface area contributed by atoms with E-state index in [4.69, 9.17) is 10.5 Å². The fourth-order valence-corrected chi connectivity index (χ4v) is 3.60. The van der Waals surface area contributed by atoms with Crippen LogP contribution < -0.4 is 5.73 Å². The van der Waals surface area contributed by atoms with Gasteiger partial charge in [0.05, 0.1) is 0 Å². The van der Waals surface area contributed by atoms with Crippen molar-refractivity contribution in [3.8, 4) is 0 Å². The van der Waals surface area contributed by atoms with Crippen LogP contribution in [0.1, 0.15) is 36.4 Å². The maximum absolute atomic E-state index is 6.53. The molecular formula is C16H24N2O. The van der Waals surface area contributed by atoms with E-state index < -0.39 is 0 Å². The first-order chi connectivity index (χ1) is 9.27. The molecule has 1 fully saturated rings. The second kappa shape index (κ2) is 5.61. The van der Waals surface area contributed by atoms with Crippen LogP contribution in [0.4, 0.5) is 0 Å². The summed E-state index contributed by atoms with van der Waals surface area (Å²) in [6.45, 7) is 1.79. The third kappa shape index (κ3) is 2.55. The summed E-state index contributed by atoms with van der Waals surface area (Å²) in [5.41, 5.74) is 9.31. The van der Waals surface area contributed by atoms with Crippen molar-refractivity contribution < 1.29 is 4.74 Å². The Balaban J connectivity index is 1.75. The molecule has 1 aromatic carbocycles. The van der Waals surface area contributed by atoms with Gasteiger partial charge in [0, 0.05) is 31.3 Å². The van der Waals surface area contributed by atoms with Crippen molar-refractivity contribution in [3.63, 3.8) is 0 Å². The summed E-state index contributed by atoms with van der Waals surface area (Å²) in [7, 11) is 2.24. The molecule has 0 saturated carbocycles. The van der Waals surface area contributed by atoms with E-state index in [0.717, 1.165) is 32.5 Å². The van der Waals surface area contributed by atoms with Crippen molar-refractivity contribution in [3.05, 3.63) is 35.4 Å². The van der Waals surface area contributed by atoms with Gasteiger partial charge in [0.15, 0.2) is 0 Å². The maximum Gasteiger partial charge on any atom is 0.0480 e. The average molecular weight is 260 g/mol. The van der Waals surface area contributed by atoms with Gasteiger partial charge in [0.1, 0.15) is 0 Å². The highest BCUT2D eigenvalue weighted by Gasteiger charge is 2.32. The lowest BCUT2D eigenvalue weighted by Gasteiger charge is -2.42.